The zero-order chi connectivity index (χ0) is 19.9. The molecule has 0 amide bonds. The maximum atomic E-state index is 12.5. The number of allylic oxidation sites excluding steroid dienone is 1. The van der Waals surface area contributed by atoms with E-state index in [1.165, 1.54) is 6.08 Å². The molecule has 28 heavy (non-hydrogen) atoms. The fourth-order valence-electron chi connectivity index (χ4n) is 2.48. The summed E-state index contributed by atoms with van der Waals surface area (Å²) in [7, 11) is 0. The van der Waals surface area contributed by atoms with Gasteiger partial charge in [0.2, 0.25) is 5.78 Å². The van der Waals surface area contributed by atoms with Crippen LogP contribution in [0.25, 0.3) is 6.08 Å². The highest BCUT2D eigenvalue weighted by Crippen LogP contribution is 2.19. The number of ketones is 1. The van der Waals surface area contributed by atoms with Crippen molar-refractivity contribution in [3.05, 3.63) is 106 Å². The monoisotopic (exact) mass is 387 g/mol. The maximum Gasteiger partial charge on any atom is 0.343 e. The number of halogens is 1. The molecule has 3 aromatic rings. The van der Waals surface area contributed by atoms with Gasteiger partial charge in [-0.3, -0.25) is 4.79 Å². The number of nitrogens with zero attached hydrogens (tertiary/aromatic N) is 1. The topological polar surface area (TPSA) is 67.2 Å². The lowest BCUT2D eigenvalue weighted by Gasteiger charge is -2.06. The number of rotatable bonds is 5. The molecule has 4 nitrogen and oxygen atoms in total. The fraction of sp³-hybridized carbons (Fsp3) is 0. The summed E-state index contributed by atoms with van der Waals surface area (Å²) in [6.45, 7) is 0. The molecule has 136 valence electrons. The lowest BCUT2D eigenvalue weighted by atomic mass is 10.0. The molecule has 0 aromatic heterocycles. The molecule has 0 N–H and O–H groups in total. The quantitative estimate of drug-likeness (QED) is 0.194. The van der Waals surface area contributed by atoms with Gasteiger partial charge in [-0.05, 0) is 48.0 Å². The standard InChI is InChI=1S/C23H14ClNO3/c24-20-11-9-18(10-12-20)23(27)28-21-8-4-5-16(14-21)13-19(15-25)22(26)17-6-2-1-3-7-17/h1-14H/b19-13+. The summed E-state index contributed by atoms with van der Waals surface area (Å²) in [5.41, 5.74) is 1.36. The molecule has 0 saturated carbocycles. The molecule has 0 atom stereocenters. The van der Waals surface area contributed by atoms with Gasteiger partial charge in [0.25, 0.3) is 0 Å². The number of carbonyl (C=O) groups is 2. The van der Waals surface area contributed by atoms with Crippen LogP contribution in [0.5, 0.6) is 5.75 Å². The maximum absolute atomic E-state index is 12.5. The number of hydrogen-bond acceptors (Lipinski definition) is 4. The van der Waals surface area contributed by atoms with E-state index in [9.17, 15) is 14.9 Å². The molecule has 0 radical (unpaired) electrons. The summed E-state index contributed by atoms with van der Waals surface area (Å²) in [5, 5.41) is 9.89. The number of esters is 1. The van der Waals surface area contributed by atoms with Crippen LogP contribution < -0.4 is 4.74 Å². The van der Waals surface area contributed by atoms with Gasteiger partial charge >= 0.3 is 5.97 Å². The Morgan fingerprint density at radius 1 is 0.893 bits per heavy atom. The predicted octanol–water partition coefficient (Wildman–Crippen LogP) is 5.35. The lowest BCUT2D eigenvalue weighted by molar-refractivity contribution is 0.0734. The molecule has 0 bridgehead atoms. The second-order valence-electron chi connectivity index (χ2n) is 5.83. The Hall–Kier alpha value is -3.68. The van der Waals surface area contributed by atoms with Gasteiger partial charge in [-0.15, -0.1) is 0 Å². The normalized spacial score (nSPS) is 10.8. The second kappa shape index (κ2) is 8.81. The molecule has 0 fully saturated rings. The fourth-order valence-corrected chi connectivity index (χ4v) is 2.61. The summed E-state index contributed by atoms with van der Waals surface area (Å²) < 4.78 is 5.36. The summed E-state index contributed by atoms with van der Waals surface area (Å²) >= 11 is 5.82. The Balaban J connectivity index is 1.81. The van der Waals surface area contributed by atoms with Crippen LogP contribution in [0.4, 0.5) is 0 Å². The third-order valence-corrected chi connectivity index (χ3v) is 4.11. The van der Waals surface area contributed by atoms with Crippen LogP contribution in [0.1, 0.15) is 26.3 Å². The summed E-state index contributed by atoms with van der Waals surface area (Å²) in [6.07, 6.45) is 1.47. The number of carbonyl (C=O) groups excluding carboxylic acids is 2. The van der Waals surface area contributed by atoms with Crippen LogP contribution in [0.2, 0.25) is 5.02 Å². The van der Waals surface area contributed by atoms with Crippen molar-refractivity contribution in [3.8, 4) is 11.8 Å². The number of hydrogen-bond donors (Lipinski definition) is 0. The molecule has 0 aliphatic carbocycles. The van der Waals surface area contributed by atoms with Crippen molar-refractivity contribution >= 4 is 29.4 Å². The van der Waals surface area contributed by atoms with E-state index in [-0.39, 0.29) is 11.4 Å². The molecule has 3 rings (SSSR count). The number of ether oxygens (including phenoxy) is 1. The minimum Gasteiger partial charge on any atom is -0.423 e. The molecule has 0 unspecified atom stereocenters. The van der Waals surface area contributed by atoms with Crippen LogP contribution >= 0.6 is 11.6 Å². The highest BCUT2D eigenvalue weighted by atomic mass is 35.5. The first kappa shape index (κ1) is 19.1. The van der Waals surface area contributed by atoms with Gasteiger partial charge in [-0.2, -0.15) is 5.26 Å². The Kier molecular flexibility index (Phi) is 6.01. The largest absolute Gasteiger partial charge is 0.423 e. The van der Waals surface area contributed by atoms with Crippen LogP contribution in [-0.2, 0) is 0 Å². The third-order valence-electron chi connectivity index (χ3n) is 3.86. The first-order valence-corrected chi connectivity index (χ1v) is 8.74. The molecule has 0 saturated heterocycles. The average Bonchev–Trinajstić information content (AvgIpc) is 2.73. The molecule has 5 heteroatoms. The van der Waals surface area contributed by atoms with Crippen molar-refractivity contribution in [1.29, 1.82) is 5.26 Å². The van der Waals surface area contributed by atoms with E-state index >= 15 is 0 Å². The number of benzene rings is 3. The van der Waals surface area contributed by atoms with Crippen LogP contribution in [-0.4, -0.2) is 11.8 Å². The van der Waals surface area contributed by atoms with Crippen molar-refractivity contribution in [2.75, 3.05) is 0 Å². The number of nitriles is 1. The number of Topliss-reactive ketones (excluding diaryl/α,β-unsaturated/α-hetero) is 1. The zero-order valence-electron chi connectivity index (χ0n) is 14.6. The molecule has 0 aliphatic rings. The first-order chi connectivity index (χ1) is 13.6. The van der Waals surface area contributed by atoms with Crippen molar-refractivity contribution in [3.63, 3.8) is 0 Å². The predicted molar refractivity (Wildman–Crippen MR) is 107 cm³/mol. The van der Waals surface area contributed by atoms with E-state index in [4.69, 9.17) is 16.3 Å². The zero-order valence-corrected chi connectivity index (χ0v) is 15.4. The van der Waals surface area contributed by atoms with E-state index in [0.29, 0.717) is 27.5 Å². The average molecular weight is 388 g/mol. The van der Waals surface area contributed by atoms with E-state index in [2.05, 4.69) is 0 Å². The Morgan fingerprint density at radius 3 is 2.29 bits per heavy atom. The van der Waals surface area contributed by atoms with Gasteiger partial charge in [0, 0.05) is 10.6 Å². The SMILES string of the molecule is N#C/C(=C\c1cccc(OC(=O)c2ccc(Cl)cc2)c1)C(=O)c1ccccc1. The van der Waals surface area contributed by atoms with Gasteiger partial charge in [0.05, 0.1) is 5.56 Å². The van der Waals surface area contributed by atoms with Gasteiger partial charge < -0.3 is 4.74 Å². The van der Waals surface area contributed by atoms with Crippen LogP contribution in [0.3, 0.4) is 0 Å². The lowest BCUT2D eigenvalue weighted by Crippen LogP contribution is -2.08. The van der Waals surface area contributed by atoms with E-state index < -0.39 is 5.97 Å². The Bertz CT molecular complexity index is 1080. The summed E-state index contributed by atoms with van der Waals surface area (Å²) in [6, 6.07) is 23.5. The molecular formula is C23H14ClNO3. The highest BCUT2D eigenvalue weighted by molar-refractivity contribution is 6.30. The minimum absolute atomic E-state index is 0.00706. The molecule has 3 aromatic carbocycles. The minimum atomic E-state index is -0.529. The van der Waals surface area contributed by atoms with Gasteiger partial charge in [-0.25, -0.2) is 4.79 Å². The van der Waals surface area contributed by atoms with Gasteiger partial charge in [-0.1, -0.05) is 54.1 Å². The smallest absolute Gasteiger partial charge is 0.343 e. The van der Waals surface area contributed by atoms with Crippen molar-refractivity contribution in [1.82, 2.24) is 0 Å². The third kappa shape index (κ3) is 4.73. The van der Waals surface area contributed by atoms with Crippen molar-refractivity contribution < 1.29 is 14.3 Å². The van der Waals surface area contributed by atoms with Crippen molar-refractivity contribution in [2.45, 2.75) is 0 Å². The van der Waals surface area contributed by atoms with Crippen molar-refractivity contribution in [2.24, 2.45) is 0 Å². The molecular weight excluding hydrogens is 374 g/mol. The Morgan fingerprint density at radius 2 is 1.61 bits per heavy atom. The first-order valence-electron chi connectivity index (χ1n) is 8.36. The highest BCUT2D eigenvalue weighted by Gasteiger charge is 2.12. The van der Waals surface area contributed by atoms with E-state index in [1.54, 1.807) is 78.9 Å². The summed E-state index contributed by atoms with van der Waals surface area (Å²) in [5.74, 6) is -0.594. The molecule has 0 heterocycles. The van der Waals surface area contributed by atoms with Crippen LogP contribution in [0, 0.1) is 11.3 Å². The van der Waals surface area contributed by atoms with E-state index in [1.807, 2.05) is 6.07 Å². The van der Waals surface area contributed by atoms with Crippen LogP contribution in [0.15, 0.2) is 84.4 Å². The summed E-state index contributed by atoms with van der Waals surface area (Å²) in [4.78, 5) is 24.7. The Labute approximate surface area is 167 Å². The van der Waals surface area contributed by atoms with Gasteiger partial charge in [0.15, 0.2) is 0 Å². The molecule has 0 aliphatic heterocycles. The second-order valence-corrected chi connectivity index (χ2v) is 6.27. The molecule has 0 spiro atoms. The van der Waals surface area contributed by atoms with E-state index in [0.717, 1.165) is 0 Å². The van der Waals surface area contributed by atoms with Gasteiger partial charge in [0.1, 0.15) is 17.4 Å².